The lowest BCUT2D eigenvalue weighted by molar-refractivity contribution is -0.113. The third-order valence-electron chi connectivity index (χ3n) is 3.55. The molecule has 0 fully saturated rings. The number of benzene rings is 2. The van der Waals surface area contributed by atoms with E-state index in [1.165, 1.54) is 19.2 Å². The first kappa shape index (κ1) is 20.4. The highest BCUT2D eigenvalue weighted by molar-refractivity contribution is 7.92. The van der Waals surface area contributed by atoms with Crippen LogP contribution in [0.2, 0.25) is 0 Å². The third-order valence-corrected chi connectivity index (χ3v) is 4.96. The summed E-state index contributed by atoms with van der Waals surface area (Å²) >= 11 is 0. The first-order valence-electron chi connectivity index (χ1n) is 8.24. The summed E-state index contributed by atoms with van der Waals surface area (Å²) in [6, 6.07) is 12.9. The molecule has 7 nitrogen and oxygen atoms in total. The van der Waals surface area contributed by atoms with Crippen molar-refractivity contribution in [3.05, 3.63) is 54.1 Å². The van der Waals surface area contributed by atoms with Crippen molar-refractivity contribution in [1.82, 2.24) is 0 Å². The topological polar surface area (TPSA) is 98.8 Å². The van der Waals surface area contributed by atoms with Gasteiger partial charge in [-0.25, -0.2) is 8.42 Å². The van der Waals surface area contributed by atoms with Gasteiger partial charge in [0.1, 0.15) is 23.0 Å². The number of Topliss-reactive ketones (excluding diaryl/α,β-unsaturated/α-hetero) is 1. The van der Waals surface area contributed by atoms with Crippen LogP contribution in [0, 0.1) is 0 Å². The highest BCUT2D eigenvalue weighted by Gasteiger charge is 2.22. The maximum atomic E-state index is 12.2. The van der Waals surface area contributed by atoms with Gasteiger partial charge in [-0.3, -0.25) is 9.59 Å². The Morgan fingerprint density at radius 3 is 2.48 bits per heavy atom. The Labute approximate surface area is 158 Å². The summed E-state index contributed by atoms with van der Waals surface area (Å²) < 4.78 is 34.9. The first-order chi connectivity index (χ1) is 12.8. The van der Waals surface area contributed by atoms with E-state index in [0.717, 1.165) is 0 Å². The van der Waals surface area contributed by atoms with Gasteiger partial charge in [-0.1, -0.05) is 24.3 Å². The minimum Gasteiger partial charge on any atom is -0.497 e. The Balaban J connectivity index is 2.03. The number of rotatable bonds is 9. The smallest absolute Gasteiger partial charge is 0.239 e. The quantitative estimate of drug-likeness (QED) is 0.659. The lowest BCUT2D eigenvalue weighted by atomic mass is 10.1. The molecule has 0 saturated carbocycles. The number of para-hydroxylation sites is 2. The van der Waals surface area contributed by atoms with Crippen LogP contribution in [0.15, 0.2) is 48.5 Å². The molecular weight excluding hydrogens is 370 g/mol. The summed E-state index contributed by atoms with van der Waals surface area (Å²) in [6.45, 7) is 2.20. The summed E-state index contributed by atoms with van der Waals surface area (Å²) in [4.78, 5) is 24.3. The van der Waals surface area contributed by atoms with Gasteiger partial charge in [0.15, 0.2) is 15.6 Å². The molecule has 27 heavy (non-hydrogen) atoms. The fraction of sp³-hybridized carbons (Fsp3) is 0.263. The summed E-state index contributed by atoms with van der Waals surface area (Å²) in [5.41, 5.74) is 0.582. The van der Waals surface area contributed by atoms with Crippen LogP contribution >= 0.6 is 0 Å². The third kappa shape index (κ3) is 6.10. The molecule has 2 rings (SSSR count). The zero-order valence-electron chi connectivity index (χ0n) is 15.1. The first-order valence-corrected chi connectivity index (χ1v) is 10.1. The number of sulfone groups is 1. The second-order valence-corrected chi connectivity index (χ2v) is 7.73. The molecule has 2 aromatic rings. The molecule has 144 valence electrons. The minimum absolute atomic E-state index is 0.208. The second kappa shape index (κ2) is 9.18. The normalized spacial score (nSPS) is 10.9. The molecule has 0 aliphatic heterocycles. The number of amides is 1. The van der Waals surface area contributed by atoms with Crippen LogP contribution in [-0.2, 0) is 14.6 Å². The second-order valence-electron chi connectivity index (χ2n) is 5.66. The van der Waals surface area contributed by atoms with Gasteiger partial charge in [0, 0.05) is 5.56 Å². The Hall–Kier alpha value is -2.87. The van der Waals surface area contributed by atoms with Crippen LogP contribution in [0.4, 0.5) is 5.69 Å². The molecule has 0 atom stereocenters. The van der Waals surface area contributed by atoms with Crippen molar-refractivity contribution in [2.45, 2.75) is 6.92 Å². The fourth-order valence-electron chi connectivity index (χ4n) is 2.37. The number of anilines is 1. The van der Waals surface area contributed by atoms with Crippen LogP contribution in [0.1, 0.15) is 17.3 Å². The predicted molar refractivity (Wildman–Crippen MR) is 102 cm³/mol. The van der Waals surface area contributed by atoms with Gasteiger partial charge in [-0.05, 0) is 31.2 Å². The van der Waals surface area contributed by atoms with E-state index in [0.29, 0.717) is 23.8 Å². The van der Waals surface area contributed by atoms with E-state index < -0.39 is 33.0 Å². The van der Waals surface area contributed by atoms with Gasteiger partial charge in [0.2, 0.25) is 5.91 Å². The van der Waals surface area contributed by atoms with Crippen LogP contribution in [-0.4, -0.2) is 45.3 Å². The predicted octanol–water partition coefficient (Wildman–Crippen LogP) is 2.33. The molecule has 0 aliphatic rings. The van der Waals surface area contributed by atoms with Crippen molar-refractivity contribution < 1.29 is 27.5 Å². The number of hydrogen-bond donors (Lipinski definition) is 1. The summed E-state index contributed by atoms with van der Waals surface area (Å²) in [6.07, 6.45) is 0. The van der Waals surface area contributed by atoms with Crippen molar-refractivity contribution >= 4 is 27.2 Å². The molecule has 0 heterocycles. The van der Waals surface area contributed by atoms with Crippen LogP contribution in [0.3, 0.4) is 0 Å². The Morgan fingerprint density at radius 2 is 1.78 bits per heavy atom. The summed E-state index contributed by atoms with van der Waals surface area (Å²) in [5, 5.41) is 2.51. The van der Waals surface area contributed by atoms with E-state index >= 15 is 0 Å². The van der Waals surface area contributed by atoms with Crippen LogP contribution in [0.5, 0.6) is 11.5 Å². The van der Waals surface area contributed by atoms with Gasteiger partial charge in [0.05, 0.1) is 19.4 Å². The number of ether oxygens (including phenoxy) is 2. The van der Waals surface area contributed by atoms with E-state index in [1.807, 2.05) is 0 Å². The molecule has 0 spiro atoms. The largest absolute Gasteiger partial charge is 0.497 e. The molecule has 0 unspecified atom stereocenters. The SMILES string of the molecule is CCOc1ccccc1NC(=O)CS(=O)(=O)CC(=O)c1cccc(OC)c1. The lowest BCUT2D eigenvalue weighted by Crippen LogP contribution is -2.27. The molecule has 0 saturated heterocycles. The van der Waals surface area contributed by atoms with Crippen molar-refractivity contribution in [3.8, 4) is 11.5 Å². The van der Waals surface area contributed by atoms with E-state index in [1.54, 1.807) is 43.3 Å². The standard InChI is InChI=1S/C19H21NO6S/c1-3-26-18-10-5-4-9-16(18)20-19(22)13-27(23,24)12-17(21)14-7-6-8-15(11-14)25-2/h4-11H,3,12-13H2,1-2H3,(H,20,22). The lowest BCUT2D eigenvalue weighted by Gasteiger charge is -2.11. The van der Waals surface area contributed by atoms with E-state index in [4.69, 9.17) is 9.47 Å². The highest BCUT2D eigenvalue weighted by Crippen LogP contribution is 2.23. The average Bonchev–Trinajstić information content (AvgIpc) is 2.62. The van der Waals surface area contributed by atoms with Gasteiger partial charge in [0.25, 0.3) is 0 Å². The van der Waals surface area contributed by atoms with Crippen molar-refractivity contribution in [1.29, 1.82) is 0 Å². The number of hydrogen-bond acceptors (Lipinski definition) is 6. The van der Waals surface area contributed by atoms with Crippen molar-refractivity contribution in [3.63, 3.8) is 0 Å². The van der Waals surface area contributed by atoms with E-state index in [9.17, 15) is 18.0 Å². The molecule has 0 radical (unpaired) electrons. The Morgan fingerprint density at radius 1 is 1.04 bits per heavy atom. The maximum absolute atomic E-state index is 12.2. The molecule has 8 heteroatoms. The monoisotopic (exact) mass is 391 g/mol. The molecule has 0 aliphatic carbocycles. The highest BCUT2D eigenvalue weighted by atomic mass is 32.2. The summed E-state index contributed by atoms with van der Waals surface area (Å²) in [5.74, 6) is -2.01. The summed E-state index contributed by atoms with van der Waals surface area (Å²) in [7, 11) is -2.49. The minimum atomic E-state index is -3.94. The molecular formula is C19H21NO6S. The zero-order valence-corrected chi connectivity index (χ0v) is 15.9. The number of nitrogens with one attached hydrogen (secondary N) is 1. The molecule has 1 N–H and O–H groups in total. The number of ketones is 1. The number of carbonyl (C=O) groups excluding carboxylic acids is 2. The Kier molecular flexibility index (Phi) is 6.95. The fourth-order valence-corrected chi connectivity index (χ4v) is 3.51. The van der Waals surface area contributed by atoms with E-state index in [2.05, 4.69) is 5.32 Å². The van der Waals surface area contributed by atoms with Gasteiger partial charge in [-0.15, -0.1) is 0 Å². The van der Waals surface area contributed by atoms with Crippen LogP contribution in [0.25, 0.3) is 0 Å². The molecule has 0 bridgehead atoms. The average molecular weight is 391 g/mol. The van der Waals surface area contributed by atoms with Gasteiger partial charge < -0.3 is 14.8 Å². The van der Waals surface area contributed by atoms with E-state index in [-0.39, 0.29) is 5.56 Å². The van der Waals surface area contributed by atoms with Gasteiger partial charge in [-0.2, -0.15) is 0 Å². The Bertz CT molecular complexity index is 923. The number of methoxy groups -OCH3 is 1. The molecule has 0 aromatic heterocycles. The molecule has 2 aromatic carbocycles. The van der Waals surface area contributed by atoms with Crippen molar-refractivity contribution in [2.24, 2.45) is 0 Å². The zero-order chi connectivity index (χ0) is 19.9. The van der Waals surface area contributed by atoms with Gasteiger partial charge >= 0.3 is 0 Å². The van der Waals surface area contributed by atoms with Crippen molar-refractivity contribution in [2.75, 3.05) is 30.5 Å². The number of carbonyl (C=O) groups is 2. The van der Waals surface area contributed by atoms with Crippen LogP contribution < -0.4 is 14.8 Å². The maximum Gasteiger partial charge on any atom is 0.239 e. The molecule has 1 amide bonds.